The highest BCUT2D eigenvalue weighted by molar-refractivity contribution is 7.92. The molecule has 0 aliphatic carbocycles. The molecule has 2 aromatic rings. The van der Waals surface area contributed by atoms with E-state index in [0.717, 1.165) is 24.3 Å². The van der Waals surface area contributed by atoms with Crippen molar-refractivity contribution in [1.82, 2.24) is 10.0 Å². The van der Waals surface area contributed by atoms with Gasteiger partial charge in [-0.05, 0) is 61.3 Å². The van der Waals surface area contributed by atoms with Gasteiger partial charge in [0.2, 0.25) is 19.9 Å². The van der Waals surface area contributed by atoms with Crippen LogP contribution in [0.3, 0.4) is 0 Å². The summed E-state index contributed by atoms with van der Waals surface area (Å²) in [6.07, 6.45) is -3.87. The Morgan fingerprint density at radius 2 is 1.71 bits per heavy atom. The SMILES string of the molecule is CC1(C)c2ccc(F)cc2S(=O)(=O)c2cc(S(=O)(=O)NC3CCNCC3)c(OCC(F)(F)F)cc21. The predicted molar refractivity (Wildman–Crippen MR) is 118 cm³/mol. The number of sulfone groups is 1. The molecule has 0 amide bonds. The Morgan fingerprint density at radius 1 is 1.09 bits per heavy atom. The van der Waals surface area contributed by atoms with Crippen molar-refractivity contribution in [1.29, 1.82) is 0 Å². The lowest BCUT2D eigenvalue weighted by molar-refractivity contribution is -0.153. The average Bonchev–Trinajstić information content (AvgIpc) is 2.76. The molecular weight excluding hydrogens is 512 g/mol. The third-order valence-corrected chi connectivity index (χ3v) is 9.63. The van der Waals surface area contributed by atoms with Crippen molar-refractivity contribution >= 4 is 19.9 Å². The fourth-order valence-corrected chi connectivity index (χ4v) is 7.98. The fourth-order valence-electron chi connectivity index (χ4n) is 4.46. The molecule has 1 fully saturated rings. The molecular formula is C22H24F4N2O5S2. The maximum absolute atomic E-state index is 14.0. The van der Waals surface area contributed by atoms with E-state index in [1.165, 1.54) is 6.07 Å². The van der Waals surface area contributed by atoms with Crippen LogP contribution in [0.2, 0.25) is 0 Å². The Bertz CT molecular complexity index is 1370. The number of fused-ring (bicyclic) bond motifs is 2. The minimum atomic E-state index is -4.76. The number of rotatable bonds is 5. The van der Waals surface area contributed by atoms with Crippen LogP contribution >= 0.6 is 0 Å². The second-order valence-corrected chi connectivity index (χ2v) is 12.7. The van der Waals surface area contributed by atoms with Crippen LogP contribution in [-0.4, -0.2) is 48.8 Å². The molecule has 0 radical (unpaired) electrons. The van der Waals surface area contributed by atoms with Crippen LogP contribution in [0.4, 0.5) is 17.6 Å². The minimum Gasteiger partial charge on any atom is -0.483 e. The van der Waals surface area contributed by atoms with E-state index in [1.54, 1.807) is 13.8 Å². The smallest absolute Gasteiger partial charge is 0.422 e. The van der Waals surface area contributed by atoms with Crippen molar-refractivity contribution in [3.63, 3.8) is 0 Å². The van der Waals surface area contributed by atoms with Gasteiger partial charge in [0.1, 0.15) is 16.5 Å². The Labute approximate surface area is 200 Å². The summed E-state index contributed by atoms with van der Waals surface area (Å²) in [5, 5.41) is 3.07. The largest absolute Gasteiger partial charge is 0.483 e. The Balaban J connectivity index is 1.92. The quantitative estimate of drug-likeness (QED) is 0.569. The van der Waals surface area contributed by atoms with E-state index in [2.05, 4.69) is 10.0 Å². The number of hydrogen-bond donors (Lipinski definition) is 2. The zero-order chi connectivity index (χ0) is 25.8. The lowest BCUT2D eigenvalue weighted by Gasteiger charge is -2.35. The summed E-state index contributed by atoms with van der Waals surface area (Å²) in [5.41, 5.74) is -0.823. The highest BCUT2D eigenvalue weighted by atomic mass is 32.2. The molecule has 0 atom stereocenters. The number of halogens is 4. The Hall–Kier alpha value is -2.22. The van der Waals surface area contributed by atoms with Gasteiger partial charge in [-0.1, -0.05) is 19.9 Å². The number of benzene rings is 2. The zero-order valence-corrected chi connectivity index (χ0v) is 20.5. The van der Waals surface area contributed by atoms with Gasteiger partial charge in [-0.25, -0.2) is 25.9 Å². The van der Waals surface area contributed by atoms with Crippen LogP contribution in [0.5, 0.6) is 5.75 Å². The number of nitrogens with one attached hydrogen (secondary N) is 2. The maximum Gasteiger partial charge on any atom is 0.422 e. The highest BCUT2D eigenvalue weighted by Gasteiger charge is 2.43. The zero-order valence-electron chi connectivity index (χ0n) is 18.9. The topological polar surface area (TPSA) is 102 Å². The first-order chi connectivity index (χ1) is 16.1. The monoisotopic (exact) mass is 536 g/mol. The molecule has 2 aliphatic heterocycles. The second kappa shape index (κ2) is 8.71. The second-order valence-electron chi connectivity index (χ2n) is 9.11. The number of hydrogen-bond acceptors (Lipinski definition) is 6. The fraction of sp³-hybridized carbons (Fsp3) is 0.455. The molecule has 0 saturated carbocycles. The Kier molecular flexibility index (Phi) is 6.44. The number of sulfonamides is 1. The van der Waals surface area contributed by atoms with Gasteiger partial charge in [-0.3, -0.25) is 0 Å². The van der Waals surface area contributed by atoms with E-state index in [-0.39, 0.29) is 16.0 Å². The first kappa shape index (κ1) is 25.9. The van der Waals surface area contributed by atoms with Gasteiger partial charge >= 0.3 is 6.18 Å². The van der Waals surface area contributed by atoms with E-state index in [9.17, 15) is 34.4 Å². The summed E-state index contributed by atoms with van der Waals surface area (Å²) in [7, 11) is -8.86. The standard InChI is InChI=1S/C22H24F4N2O5S2/c1-21(2)15-4-3-13(23)9-18(15)34(29,30)19-11-20(17(10-16(19)21)33-12-22(24,25)26)35(31,32)28-14-5-7-27-8-6-14/h3-4,9-11,14,27-28H,5-8,12H2,1-2H3. The van der Waals surface area contributed by atoms with Crippen molar-refractivity contribution in [3.05, 3.63) is 47.3 Å². The normalized spacial score (nSPS) is 19.6. The van der Waals surface area contributed by atoms with Gasteiger partial charge in [-0.2, -0.15) is 13.2 Å². The van der Waals surface area contributed by atoms with Gasteiger partial charge < -0.3 is 10.1 Å². The van der Waals surface area contributed by atoms with E-state index in [4.69, 9.17) is 4.74 Å². The molecule has 0 bridgehead atoms. The lowest BCUT2D eigenvalue weighted by Crippen LogP contribution is -2.42. The van der Waals surface area contributed by atoms with E-state index in [1.807, 2.05) is 0 Å². The van der Waals surface area contributed by atoms with Gasteiger partial charge in [0.05, 0.1) is 9.79 Å². The average molecular weight is 537 g/mol. The third-order valence-electron chi connectivity index (χ3n) is 6.26. The molecule has 13 heteroatoms. The summed E-state index contributed by atoms with van der Waals surface area (Å²) in [5.74, 6) is -1.41. The molecule has 1 saturated heterocycles. The molecule has 35 heavy (non-hydrogen) atoms. The molecule has 0 unspecified atom stereocenters. The molecule has 7 nitrogen and oxygen atoms in total. The van der Waals surface area contributed by atoms with Crippen LogP contribution in [0.25, 0.3) is 0 Å². The summed E-state index contributed by atoms with van der Waals surface area (Å²) < 4.78 is 114. The maximum atomic E-state index is 14.0. The van der Waals surface area contributed by atoms with Gasteiger partial charge in [-0.15, -0.1) is 0 Å². The van der Waals surface area contributed by atoms with Crippen molar-refractivity contribution in [3.8, 4) is 5.75 Å². The number of alkyl halides is 3. The summed E-state index contributed by atoms with van der Waals surface area (Å²) >= 11 is 0. The van der Waals surface area contributed by atoms with Crippen molar-refractivity contribution in [2.45, 2.75) is 59.0 Å². The summed E-state index contributed by atoms with van der Waals surface area (Å²) in [6.45, 7) is 2.55. The van der Waals surface area contributed by atoms with Crippen molar-refractivity contribution < 1.29 is 39.1 Å². The Morgan fingerprint density at radius 3 is 2.34 bits per heavy atom. The summed E-state index contributed by atoms with van der Waals surface area (Å²) in [6, 6.07) is 4.59. The lowest BCUT2D eigenvalue weighted by atomic mass is 9.77. The van der Waals surface area contributed by atoms with Crippen molar-refractivity contribution in [2.75, 3.05) is 19.7 Å². The van der Waals surface area contributed by atoms with E-state index in [0.29, 0.717) is 25.9 Å². The van der Waals surface area contributed by atoms with Crippen molar-refractivity contribution in [2.24, 2.45) is 0 Å². The van der Waals surface area contributed by atoms with Crippen LogP contribution in [0.15, 0.2) is 45.0 Å². The molecule has 2 N–H and O–H groups in total. The molecule has 192 valence electrons. The van der Waals surface area contributed by atoms with Crippen LogP contribution in [-0.2, 0) is 25.3 Å². The molecule has 2 heterocycles. The van der Waals surface area contributed by atoms with Gasteiger partial charge in [0, 0.05) is 11.5 Å². The molecule has 0 spiro atoms. The predicted octanol–water partition coefficient (Wildman–Crippen LogP) is 3.27. The number of piperidine rings is 1. The van der Waals surface area contributed by atoms with Gasteiger partial charge in [0.15, 0.2) is 6.61 Å². The minimum absolute atomic E-state index is 0.0506. The summed E-state index contributed by atoms with van der Waals surface area (Å²) in [4.78, 5) is -1.47. The van der Waals surface area contributed by atoms with E-state index >= 15 is 0 Å². The molecule has 2 aromatic carbocycles. The third kappa shape index (κ3) is 4.91. The first-order valence-corrected chi connectivity index (χ1v) is 13.8. The van der Waals surface area contributed by atoms with Gasteiger partial charge in [0.25, 0.3) is 0 Å². The van der Waals surface area contributed by atoms with E-state index < -0.39 is 65.5 Å². The molecule has 0 aromatic heterocycles. The molecule has 2 aliphatic rings. The number of ether oxygens (including phenoxy) is 1. The first-order valence-electron chi connectivity index (χ1n) is 10.8. The van der Waals surface area contributed by atoms with Crippen LogP contribution < -0.4 is 14.8 Å². The van der Waals surface area contributed by atoms with Crippen LogP contribution in [0.1, 0.15) is 37.8 Å². The molecule has 4 rings (SSSR count). The van der Waals surface area contributed by atoms with Crippen LogP contribution in [0, 0.1) is 5.82 Å². The highest BCUT2D eigenvalue weighted by Crippen LogP contribution is 2.48.